The maximum absolute atomic E-state index is 9.21. The van der Waals surface area contributed by atoms with Crippen molar-refractivity contribution in [2.75, 3.05) is 5.73 Å². The minimum absolute atomic E-state index is 0.000931. The summed E-state index contributed by atoms with van der Waals surface area (Å²) in [5.74, 6) is 0. The molecule has 19 heavy (non-hydrogen) atoms. The maximum Gasteiger partial charge on any atom is 0.128 e. The molecule has 0 aliphatic heterocycles. The van der Waals surface area contributed by atoms with Crippen molar-refractivity contribution in [1.82, 2.24) is 4.98 Å². The molecule has 0 saturated heterocycles. The van der Waals surface area contributed by atoms with Gasteiger partial charge in [0.1, 0.15) is 10.9 Å². The molecule has 0 spiro atoms. The Labute approximate surface area is 117 Å². The van der Waals surface area contributed by atoms with Gasteiger partial charge in [-0.15, -0.1) is 11.3 Å². The highest BCUT2D eigenvalue weighted by atomic mass is 32.1. The van der Waals surface area contributed by atoms with Crippen molar-refractivity contribution >= 4 is 17.0 Å². The standard InChI is InChI=1S/C15H17N3S/c1-4-15(2,3)14-12(10-6-5-7-18-9-10)13(17)11(8-16)19-14/h5-7,9H,4,17H2,1-3H3. The molecule has 2 aromatic rings. The molecule has 2 N–H and O–H groups in total. The van der Waals surface area contributed by atoms with Crippen molar-refractivity contribution in [1.29, 1.82) is 5.26 Å². The van der Waals surface area contributed by atoms with Gasteiger partial charge >= 0.3 is 0 Å². The van der Waals surface area contributed by atoms with Crippen molar-refractivity contribution in [2.24, 2.45) is 0 Å². The number of nitrogen functional groups attached to an aromatic ring is 1. The zero-order valence-electron chi connectivity index (χ0n) is 11.4. The lowest BCUT2D eigenvalue weighted by atomic mass is 9.84. The average Bonchev–Trinajstić information content (AvgIpc) is 2.77. The second-order valence-corrected chi connectivity index (χ2v) is 6.16. The Kier molecular flexibility index (Phi) is 3.59. The predicted octanol–water partition coefficient (Wildman–Crippen LogP) is 3.95. The lowest BCUT2D eigenvalue weighted by Crippen LogP contribution is -2.14. The van der Waals surface area contributed by atoms with Gasteiger partial charge < -0.3 is 5.73 Å². The first-order valence-electron chi connectivity index (χ1n) is 6.24. The van der Waals surface area contributed by atoms with Crippen LogP contribution in [0.3, 0.4) is 0 Å². The molecule has 2 heterocycles. The van der Waals surface area contributed by atoms with E-state index in [1.807, 2.05) is 12.1 Å². The lowest BCUT2D eigenvalue weighted by Gasteiger charge is -2.23. The number of nitrogens with two attached hydrogens (primary N) is 1. The van der Waals surface area contributed by atoms with E-state index in [9.17, 15) is 5.26 Å². The lowest BCUT2D eigenvalue weighted by molar-refractivity contribution is 0.518. The van der Waals surface area contributed by atoms with Gasteiger partial charge in [-0.2, -0.15) is 5.26 Å². The highest BCUT2D eigenvalue weighted by molar-refractivity contribution is 7.14. The Balaban J connectivity index is 2.72. The zero-order chi connectivity index (χ0) is 14.0. The van der Waals surface area contributed by atoms with E-state index in [2.05, 4.69) is 31.8 Å². The van der Waals surface area contributed by atoms with Crippen molar-refractivity contribution in [3.63, 3.8) is 0 Å². The van der Waals surface area contributed by atoms with Crippen LogP contribution in [0.1, 0.15) is 36.9 Å². The van der Waals surface area contributed by atoms with Crippen LogP contribution in [0.2, 0.25) is 0 Å². The van der Waals surface area contributed by atoms with Gasteiger partial charge in [-0.05, 0) is 17.9 Å². The zero-order valence-corrected chi connectivity index (χ0v) is 12.2. The van der Waals surface area contributed by atoms with Crippen LogP contribution < -0.4 is 5.73 Å². The summed E-state index contributed by atoms with van der Waals surface area (Å²) in [6.45, 7) is 6.51. The van der Waals surface area contributed by atoms with Crippen molar-refractivity contribution in [3.8, 4) is 17.2 Å². The highest BCUT2D eigenvalue weighted by Gasteiger charge is 2.28. The third kappa shape index (κ3) is 2.34. The number of nitrogens with zero attached hydrogens (tertiary/aromatic N) is 2. The summed E-state index contributed by atoms with van der Waals surface area (Å²) in [6, 6.07) is 6.07. The van der Waals surface area contributed by atoms with E-state index in [4.69, 9.17) is 5.73 Å². The molecule has 2 rings (SSSR count). The van der Waals surface area contributed by atoms with Gasteiger partial charge in [0, 0.05) is 28.4 Å². The maximum atomic E-state index is 9.21. The monoisotopic (exact) mass is 271 g/mol. The molecule has 98 valence electrons. The van der Waals surface area contributed by atoms with Crippen LogP contribution in [0, 0.1) is 11.3 Å². The Bertz CT molecular complexity index is 621. The van der Waals surface area contributed by atoms with Crippen LogP contribution in [0.15, 0.2) is 24.5 Å². The summed E-state index contributed by atoms with van der Waals surface area (Å²) < 4.78 is 0. The summed E-state index contributed by atoms with van der Waals surface area (Å²) in [5, 5.41) is 9.21. The smallest absolute Gasteiger partial charge is 0.128 e. The SMILES string of the molecule is CCC(C)(C)c1sc(C#N)c(N)c1-c1cccnc1. The van der Waals surface area contributed by atoms with Crippen LogP contribution in [-0.4, -0.2) is 4.98 Å². The van der Waals surface area contributed by atoms with Crippen LogP contribution in [0.4, 0.5) is 5.69 Å². The number of nitriles is 1. The first-order valence-corrected chi connectivity index (χ1v) is 7.06. The van der Waals surface area contributed by atoms with E-state index in [-0.39, 0.29) is 5.41 Å². The number of hydrogen-bond acceptors (Lipinski definition) is 4. The van der Waals surface area contributed by atoms with Crippen LogP contribution in [0.5, 0.6) is 0 Å². The van der Waals surface area contributed by atoms with E-state index >= 15 is 0 Å². The fraction of sp³-hybridized carbons (Fsp3) is 0.333. The average molecular weight is 271 g/mol. The Morgan fingerprint density at radius 3 is 2.74 bits per heavy atom. The quantitative estimate of drug-likeness (QED) is 0.919. The van der Waals surface area contributed by atoms with Crippen LogP contribution >= 0.6 is 11.3 Å². The third-order valence-electron chi connectivity index (χ3n) is 3.50. The summed E-state index contributed by atoms with van der Waals surface area (Å²) in [5.41, 5.74) is 8.69. The summed E-state index contributed by atoms with van der Waals surface area (Å²) in [6.07, 6.45) is 4.53. The Morgan fingerprint density at radius 2 is 2.21 bits per heavy atom. The van der Waals surface area contributed by atoms with Crippen molar-refractivity contribution in [2.45, 2.75) is 32.6 Å². The third-order valence-corrected chi connectivity index (χ3v) is 4.97. The largest absolute Gasteiger partial charge is 0.396 e. The van der Waals surface area contributed by atoms with Gasteiger partial charge in [-0.25, -0.2) is 0 Å². The molecule has 0 aliphatic carbocycles. The minimum Gasteiger partial charge on any atom is -0.396 e. The summed E-state index contributed by atoms with van der Waals surface area (Å²) >= 11 is 1.50. The topological polar surface area (TPSA) is 62.7 Å². The number of hydrogen-bond donors (Lipinski definition) is 1. The summed E-state index contributed by atoms with van der Waals surface area (Å²) in [7, 11) is 0. The fourth-order valence-corrected chi connectivity index (χ4v) is 3.17. The molecule has 3 nitrogen and oxygen atoms in total. The van der Waals surface area contributed by atoms with Crippen LogP contribution in [-0.2, 0) is 5.41 Å². The predicted molar refractivity (Wildman–Crippen MR) is 80.0 cm³/mol. The molecule has 4 heteroatoms. The van der Waals surface area contributed by atoms with Gasteiger partial charge in [0.2, 0.25) is 0 Å². The molecule has 2 aromatic heterocycles. The molecule has 0 unspecified atom stereocenters. The van der Waals surface area contributed by atoms with E-state index in [0.717, 1.165) is 22.4 Å². The van der Waals surface area contributed by atoms with E-state index in [0.29, 0.717) is 10.6 Å². The second-order valence-electron chi connectivity index (χ2n) is 5.14. The molecule has 0 bridgehead atoms. The summed E-state index contributed by atoms with van der Waals surface area (Å²) in [4.78, 5) is 5.91. The van der Waals surface area contributed by atoms with Gasteiger partial charge in [-0.3, -0.25) is 4.98 Å². The first kappa shape index (κ1) is 13.6. The molecule has 0 atom stereocenters. The molecular formula is C15H17N3S. The molecule has 0 aliphatic rings. The fourth-order valence-electron chi connectivity index (χ4n) is 1.96. The van der Waals surface area contributed by atoms with Crippen molar-refractivity contribution < 1.29 is 0 Å². The second kappa shape index (κ2) is 5.02. The van der Waals surface area contributed by atoms with Gasteiger partial charge in [0.05, 0.1) is 5.69 Å². The first-order chi connectivity index (χ1) is 9.01. The van der Waals surface area contributed by atoms with Gasteiger partial charge in [0.25, 0.3) is 0 Å². The molecule has 0 radical (unpaired) electrons. The highest BCUT2D eigenvalue weighted by Crippen LogP contribution is 2.45. The molecular weight excluding hydrogens is 254 g/mol. The van der Waals surface area contributed by atoms with E-state index in [1.165, 1.54) is 11.3 Å². The van der Waals surface area contributed by atoms with E-state index < -0.39 is 0 Å². The number of pyridine rings is 1. The van der Waals surface area contributed by atoms with E-state index in [1.54, 1.807) is 12.4 Å². The Morgan fingerprint density at radius 1 is 1.47 bits per heavy atom. The minimum atomic E-state index is -0.000931. The number of thiophene rings is 1. The van der Waals surface area contributed by atoms with Gasteiger partial charge in [-0.1, -0.05) is 26.8 Å². The van der Waals surface area contributed by atoms with Gasteiger partial charge in [0.15, 0.2) is 0 Å². The molecule has 0 fully saturated rings. The number of aromatic nitrogens is 1. The number of anilines is 1. The molecule has 0 aromatic carbocycles. The molecule has 0 saturated carbocycles. The molecule has 0 amide bonds. The normalized spacial score (nSPS) is 11.3. The number of rotatable bonds is 3. The Hall–Kier alpha value is -1.86. The van der Waals surface area contributed by atoms with Crippen molar-refractivity contribution in [3.05, 3.63) is 34.3 Å². The van der Waals surface area contributed by atoms with Crippen LogP contribution in [0.25, 0.3) is 11.1 Å².